The van der Waals surface area contributed by atoms with Gasteiger partial charge in [0, 0.05) is 17.8 Å². The molecule has 1 amide bonds. The molecule has 7 nitrogen and oxygen atoms in total. The van der Waals surface area contributed by atoms with Gasteiger partial charge in [-0.05, 0) is 30.3 Å². The summed E-state index contributed by atoms with van der Waals surface area (Å²) in [6.45, 7) is -0.204. The van der Waals surface area contributed by atoms with Crippen molar-refractivity contribution in [3.63, 3.8) is 0 Å². The van der Waals surface area contributed by atoms with Gasteiger partial charge in [-0.1, -0.05) is 6.07 Å². The van der Waals surface area contributed by atoms with Crippen LogP contribution in [0.4, 0.5) is 5.69 Å². The van der Waals surface area contributed by atoms with Gasteiger partial charge < -0.3 is 14.5 Å². The van der Waals surface area contributed by atoms with Gasteiger partial charge in [0.05, 0.1) is 13.4 Å². The molecule has 0 unspecified atom stereocenters. The average molecular weight is 325 g/mol. The van der Waals surface area contributed by atoms with Crippen molar-refractivity contribution in [1.29, 1.82) is 0 Å². The molecular formula is C17H15N3O4. The van der Waals surface area contributed by atoms with Gasteiger partial charge in [0.1, 0.15) is 18.0 Å². The molecule has 0 spiro atoms. The minimum Gasteiger partial charge on any atom is -0.497 e. The predicted molar refractivity (Wildman–Crippen MR) is 87.8 cm³/mol. The van der Waals surface area contributed by atoms with Crippen LogP contribution < -0.4 is 15.6 Å². The van der Waals surface area contributed by atoms with Crippen molar-refractivity contribution in [3.05, 3.63) is 65.1 Å². The van der Waals surface area contributed by atoms with E-state index in [1.54, 1.807) is 49.6 Å². The molecular weight excluding hydrogens is 310 g/mol. The van der Waals surface area contributed by atoms with Crippen LogP contribution in [0.1, 0.15) is 0 Å². The van der Waals surface area contributed by atoms with Gasteiger partial charge in [-0.25, -0.2) is 4.68 Å². The van der Waals surface area contributed by atoms with E-state index in [-0.39, 0.29) is 18.0 Å². The lowest BCUT2D eigenvalue weighted by Crippen LogP contribution is -2.29. The molecule has 0 saturated carbocycles. The van der Waals surface area contributed by atoms with E-state index in [2.05, 4.69) is 10.4 Å². The lowest BCUT2D eigenvalue weighted by molar-refractivity contribution is -0.117. The van der Waals surface area contributed by atoms with E-state index in [1.165, 1.54) is 12.3 Å². The first-order chi connectivity index (χ1) is 11.7. The highest BCUT2D eigenvalue weighted by molar-refractivity contribution is 5.90. The zero-order valence-corrected chi connectivity index (χ0v) is 12.9. The monoisotopic (exact) mass is 325 g/mol. The first kappa shape index (κ1) is 15.5. The van der Waals surface area contributed by atoms with E-state index >= 15 is 0 Å². The summed E-state index contributed by atoms with van der Waals surface area (Å²) in [7, 11) is 1.55. The summed E-state index contributed by atoms with van der Waals surface area (Å²) in [6.07, 6.45) is 1.52. The van der Waals surface area contributed by atoms with E-state index in [9.17, 15) is 9.59 Å². The molecule has 2 aromatic heterocycles. The number of amides is 1. The van der Waals surface area contributed by atoms with Crippen LogP contribution >= 0.6 is 0 Å². The van der Waals surface area contributed by atoms with Crippen molar-refractivity contribution in [2.24, 2.45) is 0 Å². The van der Waals surface area contributed by atoms with Gasteiger partial charge in [-0.3, -0.25) is 9.59 Å². The summed E-state index contributed by atoms with van der Waals surface area (Å²) in [4.78, 5) is 24.1. The average Bonchev–Trinajstić information content (AvgIpc) is 3.11. The highest BCUT2D eigenvalue weighted by Crippen LogP contribution is 2.17. The minimum atomic E-state index is -0.369. The maximum absolute atomic E-state index is 12.2. The molecule has 1 N–H and O–H groups in total. The second kappa shape index (κ2) is 6.82. The summed E-state index contributed by atoms with van der Waals surface area (Å²) in [6, 6.07) is 13.3. The predicted octanol–water partition coefficient (Wildman–Crippen LogP) is 2.15. The van der Waals surface area contributed by atoms with Gasteiger partial charge in [0.15, 0.2) is 5.76 Å². The molecule has 0 aliphatic carbocycles. The van der Waals surface area contributed by atoms with Gasteiger partial charge in [-0.2, -0.15) is 5.10 Å². The van der Waals surface area contributed by atoms with E-state index < -0.39 is 0 Å². The van der Waals surface area contributed by atoms with Crippen LogP contribution in [0.5, 0.6) is 5.75 Å². The summed E-state index contributed by atoms with van der Waals surface area (Å²) in [5, 5.41) is 6.86. The molecule has 0 bridgehead atoms. The fourth-order valence-electron chi connectivity index (χ4n) is 2.16. The number of hydrogen-bond acceptors (Lipinski definition) is 5. The molecule has 1 aromatic carbocycles. The Kier molecular flexibility index (Phi) is 4.42. The molecule has 0 atom stereocenters. The number of hydrogen-bond donors (Lipinski definition) is 1. The molecule has 7 heteroatoms. The zero-order valence-electron chi connectivity index (χ0n) is 12.9. The summed E-state index contributed by atoms with van der Waals surface area (Å²) in [5.74, 6) is 0.786. The van der Waals surface area contributed by atoms with Crippen molar-refractivity contribution >= 4 is 11.6 Å². The molecule has 0 fully saturated rings. The van der Waals surface area contributed by atoms with Crippen LogP contribution in [0.15, 0.2) is 64.0 Å². The second-order valence-corrected chi connectivity index (χ2v) is 4.97. The number of carbonyl (C=O) groups excluding carboxylic acids is 1. The normalized spacial score (nSPS) is 10.4. The first-order valence-corrected chi connectivity index (χ1v) is 7.21. The number of carbonyl (C=O) groups is 1. The Morgan fingerprint density at radius 1 is 1.25 bits per heavy atom. The van der Waals surface area contributed by atoms with Crippen LogP contribution in [-0.2, 0) is 11.3 Å². The maximum atomic E-state index is 12.2. The Bertz CT molecular complexity index is 900. The largest absolute Gasteiger partial charge is 0.497 e. The van der Waals surface area contributed by atoms with Gasteiger partial charge in [-0.15, -0.1) is 0 Å². The highest BCUT2D eigenvalue weighted by atomic mass is 16.5. The van der Waals surface area contributed by atoms with Gasteiger partial charge >= 0.3 is 0 Å². The number of aromatic nitrogens is 2. The highest BCUT2D eigenvalue weighted by Gasteiger charge is 2.10. The van der Waals surface area contributed by atoms with Gasteiger partial charge in [0.2, 0.25) is 5.91 Å². The first-order valence-electron chi connectivity index (χ1n) is 7.21. The van der Waals surface area contributed by atoms with Crippen molar-refractivity contribution in [2.75, 3.05) is 12.4 Å². The smallest absolute Gasteiger partial charge is 0.267 e. The number of methoxy groups -OCH3 is 1. The molecule has 0 radical (unpaired) electrons. The summed E-state index contributed by atoms with van der Waals surface area (Å²) < 4.78 is 11.4. The molecule has 0 saturated heterocycles. The fraction of sp³-hybridized carbons (Fsp3) is 0.118. The zero-order chi connectivity index (χ0) is 16.9. The second-order valence-electron chi connectivity index (χ2n) is 4.97. The maximum Gasteiger partial charge on any atom is 0.267 e. The van der Waals surface area contributed by atoms with Crippen molar-refractivity contribution in [3.8, 4) is 17.2 Å². The number of furan rings is 1. The van der Waals surface area contributed by atoms with Crippen LogP contribution in [0.3, 0.4) is 0 Å². The Morgan fingerprint density at radius 2 is 2.12 bits per heavy atom. The Morgan fingerprint density at radius 3 is 2.88 bits per heavy atom. The number of anilines is 1. The van der Waals surface area contributed by atoms with Crippen molar-refractivity contribution < 1.29 is 13.9 Å². The lowest BCUT2D eigenvalue weighted by Gasteiger charge is -2.08. The van der Waals surface area contributed by atoms with Crippen LogP contribution in [0, 0.1) is 0 Å². The number of nitrogens with one attached hydrogen (secondary N) is 1. The number of rotatable bonds is 5. The topological polar surface area (TPSA) is 86.4 Å². The molecule has 3 rings (SSSR count). The Balaban J connectivity index is 1.76. The minimum absolute atomic E-state index is 0.204. The van der Waals surface area contributed by atoms with E-state index in [0.717, 1.165) is 4.68 Å². The lowest BCUT2D eigenvalue weighted by atomic mass is 10.3. The number of benzene rings is 1. The molecule has 122 valence electrons. The van der Waals surface area contributed by atoms with Gasteiger partial charge in [0.25, 0.3) is 5.56 Å². The van der Waals surface area contributed by atoms with Crippen LogP contribution in [0.25, 0.3) is 11.5 Å². The van der Waals surface area contributed by atoms with E-state index in [1.807, 2.05) is 0 Å². The SMILES string of the molecule is COc1cccc(NC(=O)Cn2nc(-c3ccco3)ccc2=O)c1. The molecule has 0 aliphatic heterocycles. The standard InChI is InChI=1S/C17H15N3O4/c1-23-13-5-2-4-12(10-13)18-16(21)11-20-17(22)8-7-14(19-20)15-6-3-9-24-15/h2-10H,11H2,1H3,(H,18,21). The summed E-state index contributed by atoms with van der Waals surface area (Å²) >= 11 is 0. The third-order valence-electron chi connectivity index (χ3n) is 3.29. The van der Waals surface area contributed by atoms with Crippen molar-refractivity contribution in [1.82, 2.24) is 9.78 Å². The molecule has 24 heavy (non-hydrogen) atoms. The van der Waals surface area contributed by atoms with Crippen LogP contribution in [0.2, 0.25) is 0 Å². The van der Waals surface area contributed by atoms with E-state index in [0.29, 0.717) is 22.9 Å². The fourth-order valence-corrected chi connectivity index (χ4v) is 2.16. The molecule has 0 aliphatic rings. The Labute approximate surface area is 137 Å². The Hall–Kier alpha value is -3.35. The van der Waals surface area contributed by atoms with Crippen molar-refractivity contribution in [2.45, 2.75) is 6.54 Å². The van der Waals surface area contributed by atoms with Crippen LogP contribution in [-0.4, -0.2) is 22.8 Å². The number of ether oxygens (including phenoxy) is 1. The third-order valence-corrected chi connectivity index (χ3v) is 3.29. The summed E-state index contributed by atoms with van der Waals surface area (Å²) in [5.41, 5.74) is 0.689. The molecule has 2 heterocycles. The van der Waals surface area contributed by atoms with E-state index in [4.69, 9.17) is 9.15 Å². The quantitative estimate of drug-likeness (QED) is 0.777. The molecule has 3 aromatic rings. The number of nitrogens with zero attached hydrogens (tertiary/aromatic N) is 2. The third kappa shape index (κ3) is 3.52.